The van der Waals surface area contributed by atoms with Crippen molar-refractivity contribution >= 4 is 28.8 Å². The molecule has 0 aliphatic carbocycles. The zero-order valence-corrected chi connectivity index (χ0v) is 19.8. The van der Waals surface area contributed by atoms with Crippen LogP contribution in [-0.4, -0.2) is 41.9 Å². The first-order valence-corrected chi connectivity index (χ1v) is 11.1. The van der Waals surface area contributed by atoms with Gasteiger partial charge in [-0.3, -0.25) is 19.5 Å². The number of nitrogens with zero attached hydrogens (tertiary/aromatic N) is 3. The summed E-state index contributed by atoms with van der Waals surface area (Å²) in [5.74, 6) is -0.0149. The Labute approximate surface area is 199 Å². The van der Waals surface area contributed by atoms with E-state index in [1.54, 1.807) is 18.5 Å². The van der Waals surface area contributed by atoms with E-state index in [0.717, 1.165) is 16.9 Å². The van der Waals surface area contributed by atoms with Gasteiger partial charge in [-0.2, -0.15) is 0 Å². The van der Waals surface area contributed by atoms with E-state index in [2.05, 4.69) is 10.3 Å². The quantitative estimate of drug-likeness (QED) is 0.509. The Morgan fingerprint density at radius 1 is 0.971 bits per heavy atom. The lowest BCUT2D eigenvalue weighted by atomic mass is 10.0. The fraction of sp³-hybridized carbons (Fsp3) is 0.222. The molecule has 0 unspecified atom stereocenters. The first-order chi connectivity index (χ1) is 16.3. The van der Waals surface area contributed by atoms with Gasteiger partial charge in [0.15, 0.2) is 0 Å². The molecule has 2 amide bonds. The lowest BCUT2D eigenvalue weighted by Gasteiger charge is -2.16. The average molecular weight is 457 g/mol. The van der Waals surface area contributed by atoms with Crippen molar-refractivity contribution in [3.63, 3.8) is 0 Å². The van der Waals surface area contributed by atoms with E-state index in [4.69, 9.17) is 4.74 Å². The van der Waals surface area contributed by atoms with Gasteiger partial charge in [0, 0.05) is 37.9 Å². The maximum Gasteiger partial charge on any atom is 0.278 e. The highest BCUT2D eigenvalue weighted by atomic mass is 16.5. The first-order valence-electron chi connectivity index (χ1n) is 11.1. The van der Waals surface area contributed by atoms with Gasteiger partial charge in [-0.05, 0) is 67.4 Å². The number of carbonyl (C=O) groups excluding carboxylic acids is 2. The third-order valence-corrected chi connectivity index (χ3v) is 5.40. The van der Waals surface area contributed by atoms with E-state index in [0.29, 0.717) is 16.9 Å². The fourth-order valence-electron chi connectivity index (χ4n) is 3.74. The molecular weight excluding hydrogens is 428 g/mol. The molecule has 1 N–H and O–H groups in total. The predicted molar refractivity (Wildman–Crippen MR) is 133 cm³/mol. The van der Waals surface area contributed by atoms with Gasteiger partial charge in [0.05, 0.1) is 18.2 Å². The number of carbonyl (C=O) groups is 2. The highest BCUT2D eigenvalue weighted by Crippen LogP contribution is 2.32. The number of rotatable bonds is 8. The van der Waals surface area contributed by atoms with Gasteiger partial charge in [-0.15, -0.1) is 0 Å². The maximum absolute atomic E-state index is 13.5. The maximum atomic E-state index is 13.5. The van der Waals surface area contributed by atoms with Crippen molar-refractivity contribution in [3.05, 3.63) is 89.9 Å². The van der Waals surface area contributed by atoms with Crippen LogP contribution >= 0.6 is 0 Å². The number of aromatic nitrogens is 1. The molecule has 0 bridgehead atoms. The van der Waals surface area contributed by atoms with E-state index in [-0.39, 0.29) is 30.2 Å². The molecule has 2 aromatic carbocycles. The molecule has 1 aliphatic rings. The average Bonchev–Trinajstić information content (AvgIpc) is 3.04. The molecule has 0 saturated carbocycles. The van der Waals surface area contributed by atoms with Gasteiger partial charge < -0.3 is 15.0 Å². The molecule has 2 heterocycles. The highest BCUT2D eigenvalue weighted by molar-refractivity contribution is 6.36. The van der Waals surface area contributed by atoms with Crippen LogP contribution in [0.1, 0.15) is 25.0 Å². The first kappa shape index (κ1) is 23.0. The Kier molecular flexibility index (Phi) is 6.63. The van der Waals surface area contributed by atoms with Crippen molar-refractivity contribution in [1.29, 1.82) is 0 Å². The van der Waals surface area contributed by atoms with Crippen molar-refractivity contribution in [3.8, 4) is 5.75 Å². The van der Waals surface area contributed by atoms with Crippen molar-refractivity contribution in [1.82, 2.24) is 9.88 Å². The Hall–Kier alpha value is -4.13. The summed E-state index contributed by atoms with van der Waals surface area (Å²) in [6.45, 7) is 4.05. The molecule has 0 spiro atoms. The summed E-state index contributed by atoms with van der Waals surface area (Å²) >= 11 is 0. The highest BCUT2D eigenvalue weighted by Gasteiger charge is 2.39. The zero-order valence-electron chi connectivity index (χ0n) is 19.8. The molecule has 1 aromatic heterocycles. The van der Waals surface area contributed by atoms with Gasteiger partial charge in [-0.25, -0.2) is 0 Å². The minimum atomic E-state index is -0.372. The lowest BCUT2D eigenvalue weighted by Crippen LogP contribution is -2.32. The summed E-state index contributed by atoms with van der Waals surface area (Å²) in [4.78, 5) is 34.3. The summed E-state index contributed by atoms with van der Waals surface area (Å²) in [6, 6.07) is 18.6. The van der Waals surface area contributed by atoms with Crippen LogP contribution in [0.25, 0.3) is 5.57 Å². The van der Waals surface area contributed by atoms with E-state index in [1.807, 2.05) is 87.4 Å². The molecule has 1 aliphatic heterocycles. The number of nitrogens with one attached hydrogen (secondary N) is 1. The number of ether oxygens (including phenoxy) is 1. The molecule has 0 radical (unpaired) electrons. The van der Waals surface area contributed by atoms with Crippen LogP contribution in [0.4, 0.5) is 11.4 Å². The van der Waals surface area contributed by atoms with Crippen molar-refractivity contribution < 1.29 is 14.3 Å². The fourth-order valence-corrected chi connectivity index (χ4v) is 3.74. The lowest BCUT2D eigenvalue weighted by molar-refractivity contribution is -0.137. The molecule has 3 aromatic rings. The van der Waals surface area contributed by atoms with Gasteiger partial charge >= 0.3 is 0 Å². The van der Waals surface area contributed by atoms with E-state index in [9.17, 15) is 9.59 Å². The summed E-state index contributed by atoms with van der Waals surface area (Å²) in [7, 11) is 3.93. The summed E-state index contributed by atoms with van der Waals surface area (Å²) < 4.78 is 5.73. The number of amides is 2. The summed E-state index contributed by atoms with van der Waals surface area (Å²) in [6.07, 6.45) is 3.35. The molecule has 174 valence electrons. The van der Waals surface area contributed by atoms with Crippen LogP contribution < -0.4 is 15.0 Å². The second-order valence-corrected chi connectivity index (χ2v) is 8.57. The summed E-state index contributed by atoms with van der Waals surface area (Å²) in [5, 5.41) is 3.20. The van der Waals surface area contributed by atoms with Gasteiger partial charge in [0.25, 0.3) is 11.8 Å². The largest absolute Gasteiger partial charge is 0.491 e. The van der Waals surface area contributed by atoms with Crippen LogP contribution in [0.15, 0.2) is 78.8 Å². The minimum Gasteiger partial charge on any atom is -0.491 e. The number of anilines is 2. The smallest absolute Gasteiger partial charge is 0.278 e. The molecule has 34 heavy (non-hydrogen) atoms. The second-order valence-electron chi connectivity index (χ2n) is 8.57. The third-order valence-electron chi connectivity index (χ3n) is 5.40. The van der Waals surface area contributed by atoms with E-state index in [1.165, 1.54) is 4.90 Å². The Bertz CT molecular complexity index is 1200. The van der Waals surface area contributed by atoms with Crippen LogP contribution in [0, 0.1) is 0 Å². The molecule has 0 fully saturated rings. The van der Waals surface area contributed by atoms with Crippen molar-refractivity contribution in [2.24, 2.45) is 0 Å². The second kappa shape index (κ2) is 9.79. The molecule has 7 nitrogen and oxygen atoms in total. The Morgan fingerprint density at radius 3 is 2.26 bits per heavy atom. The zero-order chi connectivity index (χ0) is 24.2. The molecule has 0 atom stereocenters. The molecule has 0 saturated heterocycles. The van der Waals surface area contributed by atoms with Gasteiger partial charge in [-0.1, -0.05) is 18.2 Å². The Balaban J connectivity index is 1.69. The van der Waals surface area contributed by atoms with Gasteiger partial charge in [0.1, 0.15) is 11.4 Å². The van der Waals surface area contributed by atoms with Crippen LogP contribution in [0.2, 0.25) is 0 Å². The monoisotopic (exact) mass is 456 g/mol. The van der Waals surface area contributed by atoms with Crippen molar-refractivity contribution in [2.75, 3.05) is 24.3 Å². The van der Waals surface area contributed by atoms with Gasteiger partial charge in [0.2, 0.25) is 0 Å². The number of hydrogen-bond acceptors (Lipinski definition) is 6. The van der Waals surface area contributed by atoms with E-state index >= 15 is 0 Å². The number of benzene rings is 2. The normalized spacial score (nSPS) is 13.6. The van der Waals surface area contributed by atoms with Crippen LogP contribution in [0.5, 0.6) is 5.75 Å². The van der Waals surface area contributed by atoms with Crippen LogP contribution in [0.3, 0.4) is 0 Å². The molecular formula is C27H28N4O3. The Morgan fingerprint density at radius 2 is 1.68 bits per heavy atom. The SMILES string of the molecule is CC(C)Oc1ccc(C2=C(Nc3ccc(N(C)C)cc3)C(=O)N(Cc3cccnc3)C2=O)cc1. The number of imide groups is 1. The summed E-state index contributed by atoms with van der Waals surface area (Å²) in [5.41, 5.74) is 3.77. The standard InChI is InChI=1S/C27H28N4O3/c1-18(2)34-23-13-7-20(8-14-23)24-25(29-21-9-11-22(12-10-21)30(3)4)27(33)31(26(24)32)17-19-6-5-15-28-16-19/h5-16,18,29H,17H2,1-4H3. The topological polar surface area (TPSA) is 74.8 Å². The number of pyridine rings is 1. The van der Waals surface area contributed by atoms with Crippen molar-refractivity contribution in [2.45, 2.75) is 26.5 Å². The molecule has 4 rings (SSSR count). The third kappa shape index (κ3) is 4.93. The number of hydrogen-bond donors (Lipinski definition) is 1. The predicted octanol–water partition coefficient (Wildman–Crippen LogP) is 4.33. The van der Waals surface area contributed by atoms with E-state index < -0.39 is 0 Å². The molecule has 7 heteroatoms. The van der Waals surface area contributed by atoms with Crippen LogP contribution in [-0.2, 0) is 16.1 Å². The minimum absolute atomic E-state index is 0.0390.